The molecule has 76 valence electrons. The number of halogens is 4. The maximum atomic E-state index is 12.2. The Hall–Kier alpha value is 0.112. The molecule has 0 amide bonds. The van der Waals surface area contributed by atoms with Crippen LogP contribution in [0.15, 0.2) is 22.7 Å². The Labute approximate surface area is 108 Å². The summed E-state index contributed by atoms with van der Waals surface area (Å²) in [6, 6.07) is 3.33. The summed E-state index contributed by atoms with van der Waals surface area (Å²) in [6.07, 6.45) is -4.37. The van der Waals surface area contributed by atoms with Crippen LogP contribution in [0.2, 0.25) is 0 Å². The van der Waals surface area contributed by atoms with Gasteiger partial charge < -0.3 is 13.5 Å². The van der Waals surface area contributed by atoms with Gasteiger partial charge in [0.25, 0.3) is 0 Å². The Morgan fingerprint density at radius 3 is 2.13 bits per heavy atom. The minimum atomic E-state index is -4.37. The van der Waals surface area contributed by atoms with Crippen molar-refractivity contribution in [2.45, 2.75) is 12.8 Å². The van der Waals surface area contributed by atoms with Crippen LogP contribution in [-0.4, -0.2) is 13.5 Å². The largest absolute Gasteiger partial charge is 1.00 e. The zero-order valence-electron chi connectivity index (χ0n) is 7.98. The summed E-state index contributed by atoms with van der Waals surface area (Å²) >= 11 is 2.94. The normalized spacial score (nSPS) is 10.2. The molecule has 0 aromatic heterocycles. The van der Waals surface area contributed by atoms with Crippen molar-refractivity contribution in [1.29, 1.82) is 0 Å². The molecule has 0 unspecified atom stereocenters. The minimum absolute atomic E-state index is 0. The summed E-state index contributed by atoms with van der Waals surface area (Å²) in [7, 11) is 0. The Balaban J connectivity index is 0. The summed E-state index contributed by atoms with van der Waals surface area (Å²) < 4.78 is 36.9. The smallest absolute Gasteiger partial charge is 1.00 e. The Morgan fingerprint density at radius 1 is 1.20 bits per heavy atom. The SMILES string of the molecule is OCc1cc(Br)cc(C(F)(F)F)c1.[B-].[Li+]. The van der Waals surface area contributed by atoms with Crippen LogP contribution in [0.4, 0.5) is 13.2 Å². The van der Waals surface area contributed by atoms with Gasteiger partial charge in [-0.2, -0.15) is 13.2 Å². The fourth-order valence-corrected chi connectivity index (χ4v) is 1.45. The number of aliphatic hydroxyl groups excluding tert-OH is 1. The molecule has 0 aliphatic heterocycles. The van der Waals surface area contributed by atoms with Gasteiger partial charge >= 0.3 is 25.0 Å². The van der Waals surface area contributed by atoms with Crippen LogP contribution in [0, 0.1) is 0 Å². The van der Waals surface area contributed by atoms with Crippen molar-refractivity contribution in [3.8, 4) is 0 Å². The van der Waals surface area contributed by atoms with Crippen LogP contribution >= 0.6 is 15.9 Å². The van der Waals surface area contributed by atoms with Gasteiger partial charge in [0.2, 0.25) is 0 Å². The van der Waals surface area contributed by atoms with Gasteiger partial charge in [0.05, 0.1) is 12.2 Å². The maximum Gasteiger partial charge on any atom is 1.00 e. The molecule has 0 atom stereocenters. The average molecular weight is 273 g/mol. The van der Waals surface area contributed by atoms with Crippen LogP contribution in [0.5, 0.6) is 0 Å². The first-order chi connectivity index (χ1) is 5.93. The van der Waals surface area contributed by atoms with Gasteiger partial charge in [-0.15, -0.1) is 0 Å². The summed E-state index contributed by atoms with van der Waals surface area (Å²) in [5.41, 5.74) is -0.521. The van der Waals surface area contributed by atoms with E-state index in [0.29, 0.717) is 4.47 Å². The Bertz CT molecular complexity index is 319. The van der Waals surface area contributed by atoms with E-state index in [1.54, 1.807) is 0 Å². The van der Waals surface area contributed by atoms with Gasteiger partial charge in [0, 0.05) is 4.47 Å². The van der Waals surface area contributed by atoms with Gasteiger partial charge in [0.1, 0.15) is 0 Å². The van der Waals surface area contributed by atoms with Crippen LogP contribution in [0.3, 0.4) is 0 Å². The van der Waals surface area contributed by atoms with Crippen LogP contribution < -0.4 is 18.9 Å². The zero-order chi connectivity index (χ0) is 10.1. The number of hydrogen-bond acceptors (Lipinski definition) is 1. The van der Waals surface area contributed by atoms with Gasteiger partial charge in [-0.05, 0) is 23.8 Å². The van der Waals surface area contributed by atoms with Crippen LogP contribution in [0.1, 0.15) is 11.1 Å². The molecular weight excluding hydrogens is 267 g/mol. The van der Waals surface area contributed by atoms with E-state index in [1.807, 2.05) is 0 Å². The van der Waals surface area contributed by atoms with Crippen molar-refractivity contribution in [2.24, 2.45) is 0 Å². The predicted molar refractivity (Wildman–Crippen MR) is 50.8 cm³/mol. The van der Waals surface area contributed by atoms with Crippen molar-refractivity contribution in [1.82, 2.24) is 0 Å². The molecule has 0 aliphatic carbocycles. The third kappa shape index (κ3) is 5.12. The van der Waals surface area contributed by atoms with E-state index in [0.717, 1.165) is 12.1 Å². The predicted octanol–water partition coefficient (Wildman–Crippen LogP) is -0.417. The molecule has 4 radical (unpaired) electrons. The maximum absolute atomic E-state index is 12.2. The quantitative estimate of drug-likeness (QED) is 0.689. The van der Waals surface area contributed by atoms with E-state index < -0.39 is 18.3 Å². The molecule has 0 saturated heterocycles. The van der Waals surface area contributed by atoms with E-state index in [-0.39, 0.29) is 32.8 Å². The first-order valence-corrected chi connectivity index (χ1v) is 4.20. The number of hydrogen-bond donors (Lipinski definition) is 1. The van der Waals surface area contributed by atoms with Crippen molar-refractivity contribution in [3.63, 3.8) is 0 Å². The third-order valence-electron chi connectivity index (χ3n) is 1.47. The van der Waals surface area contributed by atoms with E-state index in [2.05, 4.69) is 15.9 Å². The molecule has 0 aliphatic rings. The molecule has 1 N–H and O–H groups in total. The van der Waals surface area contributed by atoms with Crippen LogP contribution in [0.25, 0.3) is 0 Å². The Kier molecular flexibility index (Phi) is 7.75. The standard InChI is InChI=1S/C8H6BrF3O.B.Li/c9-7-2-5(4-13)1-6(3-7)8(10,11)12;;/h1-3,13H,4H2;;/q;-1;+1. The number of benzene rings is 1. The van der Waals surface area contributed by atoms with E-state index in [4.69, 9.17) is 5.11 Å². The monoisotopic (exact) mass is 272 g/mol. The summed E-state index contributed by atoms with van der Waals surface area (Å²) in [5, 5.41) is 8.66. The van der Waals surface area contributed by atoms with E-state index >= 15 is 0 Å². The van der Waals surface area contributed by atoms with Crippen molar-refractivity contribution in [3.05, 3.63) is 33.8 Å². The molecule has 0 fully saturated rings. The molecule has 1 rings (SSSR count). The third-order valence-corrected chi connectivity index (χ3v) is 1.93. The first-order valence-electron chi connectivity index (χ1n) is 3.41. The van der Waals surface area contributed by atoms with E-state index in [1.165, 1.54) is 6.07 Å². The van der Waals surface area contributed by atoms with Crippen molar-refractivity contribution >= 4 is 24.3 Å². The minimum Gasteiger partial charge on any atom is -1.00 e. The molecule has 1 aromatic carbocycles. The second-order valence-corrected chi connectivity index (χ2v) is 3.42. The number of rotatable bonds is 1. The average Bonchev–Trinajstić information content (AvgIpc) is 2.01. The topological polar surface area (TPSA) is 20.2 Å². The zero-order valence-corrected chi connectivity index (χ0v) is 9.56. The van der Waals surface area contributed by atoms with Gasteiger partial charge in [-0.3, -0.25) is 0 Å². The summed E-state index contributed by atoms with van der Waals surface area (Å²) in [6.45, 7) is -0.400. The molecule has 0 heterocycles. The molecule has 15 heavy (non-hydrogen) atoms. The number of aliphatic hydroxyl groups is 1. The fourth-order valence-electron chi connectivity index (χ4n) is 0.905. The summed E-state index contributed by atoms with van der Waals surface area (Å²) in [4.78, 5) is 0. The molecular formula is C8H6BBrF3LiO. The Morgan fingerprint density at radius 2 is 1.73 bits per heavy atom. The summed E-state index contributed by atoms with van der Waals surface area (Å²) in [5.74, 6) is 0. The fraction of sp³-hybridized carbons (Fsp3) is 0.250. The number of alkyl halides is 3. The van der Waals surface area contributed by atoms with Gasteiger partial charge in [-0.1, -0.05) is 15.9 Å². The first kappa shape index (κ1) is 17.5. The van der Waals surface area contributed by atoms with Gasteiger partial charge in [0.15, 0.2) is 0 Å². The second-order valence-electron chi connectivity index (χ2n) is 2.50. The molecule has 1 nitrogen and oxygen atoms in total. The van der Waals surface area contributed by atoms with E-state index in [9.17, 15) is 13.2 Å². The van der Waals surface area contributed by atoms with Gasteiger partial charge in [-0.25, -0.2) is 0 Å². The second kappa shape index (κ2) is 6.64. The van der Waals surface area contributed by atoms with Crippen LogP contribution in [-0.2, 0) is 12.8 Å². The molecule has 0 bridgehead atoms. The molecule has 1 aromatic rings. The molecule has 0 spiro atoms. The molecule has 7 heteroatoms. The molecule has 0 saturated carbocycles. The van der Waals surface area contributed by atoms with Crippen molar-refractivity contribution < 1.29 is 37.1 Å². The van der Waals surface area contributed by atoms with Crippen molar-refractivity contribution in [2.75, 3.05) is 0 Å².